The molecule has 1 aliphatic heterocycles. The SMILES string of the molecule is CC(c1ccc(O)cc1O)N1CCCNCC1. The highest BCUT2D eigenvalue weighted by molar-refractivity contribution is 5.40. The molecule has 0 saturated carbocycles. The number of rotatable bonds is 2. The molecule has 1 aromatic rings. The number of nitrogens with one attached hydrogen (secondary N) is 1. The molecule has 94 valence electrons. The maximum atomic E-state index is 9.86. The van der Waals surface area contributed by atoms with E-state index in [1.165, 1.54) is 6.07 Å². The number of aromatic hydroxyl groups is 2. The second-order valence-corrected chi connectivity index (χ2v) is 4.56. The van der Waals surface area contributed by atoms with Gasteiger partial charge in [0.25, 0.3) is 0 Å². The average Bonchev–Trinajstić information content (AvgIpc) is 2.56. The van der Waals surface area contributed by atoms with E-state index in [1.807, 2.05) is 0 Å². The van der Waals surface area contributed by atoms with E-state index in [9.17, 15) is 10.2 Å². The molecule has 4 heteroatoms. The largest absolute Gasteiger partial charge is 0.508 e. The zero-order chi connectivity index (χ0) is 12.3. The van der Waals surface area contributed by atoms with Crippen molar-refractivity contribution in [2.75, 3.05) is 26.2 Å². The smallest absolute Gasteiger partial charge is 0.124 e. The van der Waals surface area contributed by atoms with Crippen LogP contribution in [-0.4, -0.2) is 41.3 Å². The van der Waals surface area contributed by atoms with E-state index in [4.69, 9.17) is 0 Å². The molecule has 0 aromatic heterocycles. The predicted octanol–water partition coefficient (Wildman–Crippen LogP) is 1.45. The molecule has 3 N–H and O–H groups in total. The zero-order valence-corrected chi connectivity index (χ0v) is 10.2. The van der Waals surface area contributed by atoms with E-state index in [0.717, 1.165) is 38.2 Å². The third-order valence-corrected chi connectivity index (χ3v) is 3.39. The number of nitrogens with zero attached hydrogens (tertiary/aromatic N) is 1. The van der Waals surface area contributed by atoms with Gasteiger partial charge in [0.1, 0.15) is 11.5 Å². The summed E-state index contributed by atoms with van der Waals surface area (Å²) in [6.07, 6.45) is 1.13. The Morgan fingerprint density at radius 3 is 2.82 bits per heavy atom. The molecule has 0 aliphatic carbocycles. The van der Waals surface area contributed by atoms with Gasteiger partial charge < -0.3 is 15.5 Å². The summed E-state index contributed by atoms with van der Waals surface area (Å²) in [5.41, 5.74) is 0.879. The summed E-state index contributed by atoms with van der Waals surface area (Å²) in [5.74, 6) is 0.283. The normalized spacial score (nSPS) is 19.8. The van der Waals surface area contributed by atoms with E-state index < -0.39 is 0 Å². The molecular formula is C13H20N2O2. The molecule has 17 heavy (non-hydrogen) atoms. The van der Waals surface area contributed by atoms with Crippen molar-refractivity contribution in [2.45, 2.75) is 19.4 Å². The zero-order valence-electron chi connectivity index (χ0n) is 10.2. The van der Waals surface area contributed by atoms with Crippen LogP contribution in [0.15, 0.2) is 18.2 Å². The summed E-state index contributed by atoms with van der Waals surface area (Å²) >= 11 is 0. The topological polar surface area (TPSA) is 55.7 Å². The molecule has 0 amide bonds. The average molecular weight is 236 g/mol. The second-order valence-electron chi connectivity index (χ2n) is 4.56. The minimum atomic E-state index is 0.107. The minimum absolute atomic E-state index is 0.107. The monoisotopic (exact) mass is 236 g/mol. The first-order chi connectivity index (χ1) is 8.18. The lowest BCUT2D eigenvalue weighted by Crippen LogP contribution is -2.30. The molecule has 1 atom stereocenters. The Morgan fingerprint density at radius 1 is 1.24 bits per heavy atom. The molecular weight excluding hydrogens is 216 g/mol. The van der Waals surface area contributed by atoms with Crippen molar-refractivity contribution in [1.29, 1.82) is 0 Å². The van der Waals surface area contributed by atoms with Crippen LogP contribution >= 0.6 is 0 Å². The summed E-state index contributed by atoms with van der Waals surface area (Å²) < 4.78 is 0. The van der Waals surface area contributed by atoms with E-state index in [-0.39, 0.29) is 17.5 Å². The highest BCUT2D eigenvalue weighted by atomic mass is 16.3. The number of phenols is 2. The molecule has 4 nitrogen and oxygen atoms in total. The van der Waals surface area contributed by atoms with Gasteiger partial charge in [0.15, 0.2) is 0 Å². The molecule has 1 aromatic carbocycles. The lowest BCUT2D eigenvalue weighted by Gasteiger charge is -2.28. The summed E-state index contributed by atoms with van der Waals surface area (Å²) in [7, 11) is 0. The van der Waals surface area contributed by atoms with Crippen molar-refractivity contribution in [3.05, 3.63) is 23.8 Å². The van der Waals surface area contributed by atoms with Gasteiger partial charge in [-0.15, -0.1) is 0 Å². The highest BCUT2D eigenvalue weighted by Crippen LogP contribution is 2.31. The van der Waals surface area contributed by atoms with Gasteiger partial charge in [-0.2, -0.15) is 0 Å². The van der Waals surface area contributed by atoms with Gasteiger partial charge in [-0.1, -0.05) is 6.07 Å². The molecule has 1 fully saturated rings. The van der Waals surface area contributed by atoms with Crippen molar-refractivity contribution in [3.63, 3.8) is 0 Å². The van der Waals surface area contributed by atoms with E-state index >= 15 is 0 Å². The number of phenolic OH excluding ortho intramolecular Hbond substituents is 2. The Balaban J connectivity index is 2.14. The van der Waals surface area contributed by atoms with Gasteiger partial charge in [-0.05, 0) is 32.5 Å². The molecule has 0 radical (unpaired) electrons. The van der Waals surface area contributed by atoms with Crippen LogP contribution in [0.3, 0.4) is 0 Å². The van der Waals surface area contributed by atoms with E-state index in [0.29, 0.717) is 0 Å². The molecule has 0 spiro atoms. The molecule has 1 unspecified atom stereocenters. The van der Waals surface area contributed by atoms with Crippen LogP contribution in [0.2, 0.25) is 0 Å². The van der Waals surface area contributed by atoms with Gasteiger partial charge in [-0.3, -0.25) is 4.90 Å². The summed E-state index contributed by atoms with van der Waals surface area (Å²) in [4.78, 5) is 2.35. The number of hydrogen-bond acceptors (Lipinski definition) is 4. The van der Waals surface area contributed by atoms with Crippen LogP contribution in [0.5, 0.6) is 11.5 Å². The Morgan fingerprint density at radius 2 is 2.06 bits per heavy atom. The molecule has 1 saturated heterocycles. The third-order valence-electron chi connectivity index (χ3n) is 3.39. The molecule has 1 heterocycles. The summed E-state index contributed by atoms with van der Waals surface area (Å²) in [6, 6.07) is 5.01. The van der Waals surface area contributed by atoms with Gasteiger partial charge in [0, 0.05) is 30.8 Å². The maximum Gasteiger partial charge on any atom is 0.124 e. The van der Waals surface area contributed by atoms with Crippen LogP contribution in [0, 0.1) is 0 Å². The van der Waals surface area contributed by atoms with Crippen molar-refractivity contribution in [2.24, 2.45) is 0 Å². The fourth-order valence-corrected chi connectivity index (χ4v) is 2.34. The highest BCUT2D eigenvalue weighted by Gasteiger charge is 2.19. The van der Waals surface area contributed by atoms with Gasteiger partial charge in [0.2, 0.25) is 0 Å². The van der Waals surface area contributed by atoms with Gasteiger partial charge >= 0.3 is 0 Å². The molecule has 1 aliphatic rings. The fraction of sp³-hybridized carbons (Fsp3) is 0.538. The summed E-state index contributed by atoms with van der Waals surface area (Å²) in [5, 5.41) is 22.5. The molecule has 2 rings (SSSR count). The number of hydrogen-bond donors (Lipinski definition) is 3. The first kappa shape index (κ1) is 12.2. The Labute approximate surface area is 102 Å². The van der Waals surface area contributed by atoms with Crippen LogP contribution in [-0.2, 0) is 0 Å². The van der Waals surface area contributed by atoms with Crippen LogP contribution in [0.4, 0.5) is 0 Å². The fourth-order valence-electron chi connectivity index (χ4n) is 2.34. The van der Waals surface area contributed by atoms with Gasteiger partial charge in [-0.25, -0.2) is 0 Å². The standard InChI is InChI=1S/C13H20N2O2/c1-10(15-7-2-5-14-6-8-15)12-4-3-11(16)9-13(12)17/h3-4,9-10,14,16-17H,2,5-8H2,1H3. The van der Waals surface area contributed by atoms with Crippen LogP contribution in [0.1, 0.15) is 24.9 Å². The summed E-state index contributed by atoms with van der Waals surface area (Å²) in [6.45, 7) is 6.17. The predicted molar refractivity (Wildman–Crippen MR) is 67.2 cm³/mol. The quantitative estimate of drug-likeness (QED) is 0.727. The van der Waals surface area contributed by atoms with Crippen molar-refractivity contribution < 1.29 is 10.2 Å². The lowest BCUT2D eigenvalue weighted by atomic mass is 10.1. The Hall–Kier alpha value is -1.26. The minimum Gasteiger partial charge on any atom is -0.508 e. The second kappa shape index (κ2) is 5.38. The Bertz CT molecular complexity index is 374. The van der Waals surface area contributed by atoms with Crippen LogP contribution in [0.25, 0.3) is 0 Å². The first-order valence-electron chi connectivity index (χ1n) is 6.15. The van der Waals surface area contributed by atoms with Gasteiger partial charge in [0.05, 0.1) is 0 Å². The number of benzene rings is 1. The Kier molecular flexibility index (Phi) is 3.86. The van der Waals surface area contributed by atoms with Crippen molar-refractivity contribution in [3.8, 4) is 11.5 Å². The van der Waals surface area contributed by atoms with E-state index in [2.05, 4.69) is 17.1 Å². The lowest BCUT2D eigenvalue weighted by molar-refractivity contribution is 0.221. The van der Waals surface area contributed by atoms with E-state index in [1.54, 1.807) is 12.1 Å². The van der Waals surface area contributed by atoms with Crippen molar-refractivity contribution in [1.82, 2.24) is 10.2 Å². The van der Waals surface area contributed by atoms with Crippen molar-refractivity contribution >= 4 is 0 Å². The first-order valence-corrected chi connectivity index (χ1v) is 6.15. The maximum absolute atomic E-state index is 9.86. The molecule has 0 bridgehead atoms. The third kappa shape index (κ3) is 2.90. The van der Waals surface area contributed by atoms with Crippen LogP contribution < -0.4 is 5.32 Å².